The fraction of sp³-hybridized carbons (Fsp3) is 0.889. The molecule has 1 rings (SSSR count). The Morgan fingerprint density at radius 2 is 2.29 bits per heavy atom. The first-order chi connectivity index (χ1) is 6.49. The molecule has 82 valence electrons. The molecule has 1 saturated heterocycles. The quantitative estimate of drug-likeness (QED) is 0.383. The molecule has 1 aliphatic rings. The molecule has 14 heavy (non-hydrogen) atoms. The van der Waals surface area contributed by atoms with Crippen LogP contribution in [-0.4, -0.2) is 37.9 Å². The predicted molar refractivity (Wildman–Crippen MR) is 47.5 cm³/mol. The number of ether oxygens (including phenoxy) is 4. The molecule has 0 saturated carbocycles. The van der Waals surface area contributed by atoms with Crippen molar-refractivity contribution in [2.24, 2.45) is 0 Å². The van der Waals surface area contributed by atoms with E-state index in [9.17, 15) is 4.79 Å². The van der Waals surface area contributed by atoms with E-state index in [4.69, 9.17) is 14.2 Å². The highest BCUT2D eigenvalue weighted by Gasteiger charge is 2.32. The lowest BCUT2D eigenvalue weighted by Crippen LogP contribution is -2.24. The Morgan fingerprint density at radius 3 is 2.79 bits per heavy atom. The maximum absolute atomic E-state index is 10.4. The van der Waals surface area contributed by atoms with Crippen LogP contribution in [0.4, 0.5) is 0 Å². The van der Waals surface area contributed by atoms with Gasteiger partial charge in [-0.15, -0.1) is 0 Å². The lowest BCUT2D eigenvalue weighted by atomic mass is 10.4. The van der Waals surface area contributed by atoms with Gasteiger partial charge in [0.2, 0.25) is 0 Å². The van der Waals surface area contributed by atoms with Gasteiger partial charge in [-0.3, -0.25) is 4.79 Å². The van der Waals surface area contributed by atoms with E-state index in [1.807, 2.05) is 13.8 Å². The summed E-state index contributed by atoms with van der Waals surface area (Å²) in [6, 6.07) is 0. The first-order valence-corrected chi connectivity index (χ1v) is 4.52. The summed E-state index contributed by atoms with van der Waals surface area (Å²) < 4.78 is 20.5. The van der Waals surface area contributed by atoms with E-state index in [2.05, 4.69) is 4.74 Å². The fourth-order valence-corrected chi connectivity index (χ4v) is 1.15. The molecule has 0 bridgehead atoms. The zero-order valence-corrected chi connectivity index (χ0v) is 8.74. The normalized spacial score (nSPS) is 24.9. The minimum Gasteiger partial charge on any atom is -0.439 e. The van der Waals surface area contributed by atoms with Gasteiger partial charge in [0.05, 0.1) is 13.2 Å². The van der Waals surface area contributed by atoms with Crippen LogP contribution >= 0.6 is 0 Å². The smallest absolute Gasteiger partial charge is 0.304 e. The van der Waals surface area contributed by atoms with Crippen LogP contribution in [0.2, 0.25) is 0 Å². The topological polar surface area (TPSA) is 54.0 Å². The Bertz CT molecular complexity index is 201. The van der Waals surface area contributed by atoms with E-state index in [-0.39, 0.29) is 18.9 Å². The van der Waals surface area contributed by atoms with Gasteiger partial charge < -0.3 is 18.9 Å². The molecule has 0 aromatic carbocycles. The molecule has 1 aliphatic heterocycles. The Labute approximate surface area is 83.3 Å². The number of hydrogen-bond acceptors (Lipinski definition) is 5. The molecule has 5 heteroatoms. The van der Waals surface area contributed by atoms with Crippen LogP contribution in [0, 0.1) is 0 Å². The SMILES string of the molecule is CC(=O)OCOC[C@H]1COC(C)(C)O1. The molecule has 0 aromatic heterocycles. The maximum atomic E-state index is 10.4. The average molecular weight is 204 g/mol. The van der Waals surface area contributed by atoms with Crippen LogP contribution in [0.5, 0.6) is 0 Å². The summed E-state index contributed by atoms with van der Waals surface area (Å²) in [6.07, 6.45) is -0.0828. The van der Waals surface area contributed by atoms with Gasteiger partial charge >= 0.3 is 5.97 Å². The highest BCUT2D eigenvalue weighted by molar-refractivity contribution is 5.65. The Hall–Kier alpha value is -0.650. The van der Waals surface area contributed by atoms with Gasteiger partial charge in [-0.05, 0) is 13.8 Å². The van der Waals surface area contributed by atoms with E-state index in [1.54, 1.807) is 0 Å². The van der Waals surface area contributed by atoms with Crippen LogP contribution in [0.15, 0.2) is 0 Å². The van der Waals surface area contributed by atoms with Gasteiger partial charge in [-0.1, -0.05) is 0 Å². The molecule has 0 spiro atoms. The molecular weight excluding hydrogens is 188 g/mol. The summed E-state index contributed by atoms with van der Waals surface area (Å²) >= 11 is 0. The second-order valence-electron chi connectivity index (χ2n) is 3.58. The zero-order valence-electron chi connectivity index (χ0n) is 8.74. The summed E-state index contributed by atoms with van der Waals surface area (Å²) in [6.45, 7) is 5.87. The van der Waals surface area contributed by atoms with Gasteiger partial charge in [0.15, 0.2) is 12.6 Å². The largest absolute Gasteiger partial charge is 0.439 e. The first kappa shape index (κ1) is 11.4. The van der Waals surface area contributed by atoms with E-state index >= 15 is 0 Å². The summed E-state index contributed by atoms with van der Waals surface area (Å²) in [5.74, 6) is -0.885. The number of esters is 1. The van der Waals surface area contributed by atoms with Gasteiger partial charge in [0.25, 0.3) is 0 Å². The monoisotopic (exact) mass is 204 g/mol. The molecule has 1 atom stereocenters. The van der Waals surface area contributed by atoms with Crippen molar-refractivity contribution < 1.29 is 23.7 Å². The summed E-state index contributed by atoms with van der Waals surface area (Å²) in [5, 5.41) is 0. The number of rotatable bonds is 4. The van der Waals surface area contributed by atoms with Crippen molar-refractivity contribution in [2.45, 2.75) is 32.7 Å². The highest BCUT2D eigenvalue weighted by atomic mass is 16.8. The van der Waals surface area contributed by atoms with Crippen molar-refractivity contribution in [3.8, 4) is 0 Å². The second-order valence-corrected chi connectivity index (χ2v) is 3.58. The van der Waals surface area contributed by atoms with Gasteiger partial charge in [-0.25, -0.2) is 0 Å². The molecule has 1 fully saturated rings. The maximum Gasteiger partial charge on any atom is 0.304 e. The fourth-order valence-electron chi connectivity index (χ4n) is 1.15. The van der Waals surface area contributed by atoms with Gasteiger partial charge in [0, 0.05) is 6.92 Å². The third-order valence-corrected chi connectivity index (χ3v) is 1.72. The first-order valence-electron chi connectivity index (χ1n) is 4.52. The number of carbonyl (C=O) groups is 1. The minimum atomic E-state index is -0.532. The summed E-state index contributed by atoms with van der Waals surface area (Å²) in [4.78, 5) is 10.4. The predicted octanol–water partition coefficient (Wildman–Crippen LogP) is 0.675. The minimum absolute atomic E-state index is 0.0321. The van der Waals surface area contributed by atoms with Crippen molar-refractivity contribution in [1.29, 1.82) is 0 Å². The Kier molecular flexibility index (Phi) is 3.86. The van der Waals surface area contributed by atoms with E-state index in [0.717, 1.165) is 0 Å². The molecular formula is C9H16O5. The van der Waals surface area contributed by atoms with Gasteiger partial charge in [0.1, 0.15) is 6.10 Å². The van der Waals surface area contributed by atoms with Crippen molar-refractivity contribution in [1.82, 2.24) is 0 Å². The molecule has 0 aromatic rings. The lowest BCUT2D eigenvalue weighted by molar-refractivity contribution is -0.164. The summed E-state index contributed by atoms with van der Waals surface area (Å²) in [7, 11) is 0. The second kappa shape index (κ2) is 4.72. The molecule has 0 amide bonds. The van der Waals surface area contributed by atoms with E-state index in [0.29, 0.717) is 13.2 Å². The van der Waals surface area contributed by atoms with Crippen molar-refractivity contribution >= 4 is 5.97 Å². The zero-order chi connectivity index (χ0) is 10.6. The molecule has 5 nitrogen and oxygen atoms in total. The van der Waals surface area contributed by atoms with Crippen molar-refractivity contribution in [3.63, 3.8) is 0 Å². The molecule has 0 unspecified atom stereocenters. The molecule has 1 heterocycles. The average Bonchev–Trinajstić information content (AvgIpc) is 2.39. The summed E-state index contributed by atoms with van der Waals surface area (Å²) in [5.41, 5.74) is 0. The van der Waals surface area contributed by atoms with Crippen LogP contribution in [0.1, 0.15) is 20.8 Å². The molecule has 0 N–H and O–H groups in total. The molecule has 0 aliphatic carbocycles. The highest BCUT2D eigenvalue weighted by Crippen LogP contribution is 2.22. The third-order valence-electron chi connectivity index (χ3n) is 1.72. The van der Waals surface area contributed by atoms with Crippen LogP contribution in [-0.2, 0) is 23.7 Å². The number of hydrogen-bond donors (Lipinski definition) is 0. The Balaban J connectivity index is 2.06. The van der Waals surface area contributed by atoms with Crippen LogP contribution in [0.3, 0.4) is 0 Å². The van der Waals surface area contributed by atoms with Crippen molar-refractivity contribution in [2.75, 3.05) is 20.0 Å². The van der Waals surface area contributed by atoms with Crippen LogP contribution in [0.25, 0.3) is 0 Å². The van der Waals surface area contributed by atoms with E-state index in [1.165, 1.54) is 6.92 Å². The standard InChI is InChI=1S/C9H16O5/c1-7(10)12-6-11-4-8-5-13-9(2,3)14-8/h8H,4-6H2,1-3H3/t8-/m0/s1. The van der Waals surface area contributed by atoms with Crippen LogP contribution < -0.4 is 0 Å². The molecule has 0 radical (unpaired) electrons. The third kappa shape index (κ3) is 4.04. The van der Waals surface area contributed by atoms with E-state index < -0.39 is 5.79 Å². The van der Waals surface area contributed by atoms with Gasteiger partial charge in [-0.2, -0.15) is 0 Å². The Morgan fingerprint density at radius 1 is 1.57 bits per heavy atom. The van der Waals surface area contributed by atoms with Crippen molar-refractivity contribution in [3.05, 3.63) is 0 Å². The lowest BCUT2D eigenvalue weighted by Gasteiger charge is -2.16. The number of carbonyl (C=O) groups excluding carboxylic acids is 1.